The van der Waals surface area contributed by atoms with E-state index < -0.39 is 0 Å². The van der Waals surface area contributed by atoms with E-state index in [2.05, 4.69) is 10.00 Å². The van der Waals surface area contributed by atoms with Gasteiger partial charge in [0.05, 0.1) is 23.2 Å². The molecule has 1 atom stereocenters. The Labute approximate surface area is 146 Å². The number of nitrogens with one attached hydrogen (secondary N) is 1. The minimum Gasteiger partial charge on any atom is -0.379 e. The van der Waals surface area contributed by atoms with Crippen molar-refractivity contribution in [3.63, 3.8) is 0 Å². The Morgan fingerprint density at radius 1 is 1.29 bits per heavy atom. The highest BCUT2D eigenvalue weighted by Gasteiger charge is 2.24. The molecule has 1 N–H and O–H groups in total. The van der Waals surface area contributed by atoms with Gasteiger partial charge in [-0.3, -0.25) is 4.79 Å². The molecule has 5 nitrogen and oxygen atoms in total. The number of ether oxygens (including phenoxy) is 1. The largest absolute Gasteiger partial charge is 0.379 e. The molecule has 1 saturated heterocycles. The smallest absolute Gasteiger partial charge is 0.261 e. The van der Waals surface area contributed by atoms with Crippen molar-refractivity contribution in [2.75, 3.05) is 13.2 Å². The van der Waals surface area contributed by atoms with Gasteiger partial charge >= 0.3 is 0 Å². The lowest BCUT2D eigenvalue weighted by atomic mass is 9.95. The fourth-order valence-electron chi connectivity index (χ4n) is 3.85. The lowest BCUT2D eigenvalue weighted by Crippen LogP contribution is -2.35. The van der Waals surface area contributed by atoms with E-state index in [4.69, 9.17) is 9.84 Å². The van der Waals surface area contributed by atoms with Crippen molar-refractivity contribution in [1.29, 1.82) is 0 Å². The summed E-state index contributed by atoms with van der Waals surface area (Å²) in [6, 6.07) is 2.66. The van der Waals surface area contributed by atoms with E-state index in [-0.39, 0.29) is 5.91 Å². The number of aromatic nitrogens is 2. The van der Waals surface area contributed by atoms with Gasteiger partial charge in [-0.25, -0.2) is 4.68 Å². The molecule has 2 aliphatic rings. The van der Waals surface area contributed by atoms with Crippen LogP contribution in [0, 0.1) is 6.92 Å². The Kier molecular flexibility index (Phi) is 4.59. The number of carbonyl (C=O) groups excluding carboxylic acids is 1. The molecule has 0 aromatic carbocycles. The third kappa shape index (κ3) is 3.09. The Morgan fingerprint density at radius 3 is 2.88 bits per heavy atom. The van der Waals surface area contributed by atoms with E-state index in [1.54, 1.807) is 11.3 Å². The zero-order valence-corrected chi connectivity index (χ0v) is 15.0. The summed E-state index contributed by atoms with van der Waals surface area (Å²) in [4.78, 5) is 14.5. The third-order valence-electron chi connectivity index (χ3n) is 5.21. The number of nitrogens with zero attached hydrogens (tertiary/aromatic N) is 2. The normalized spacial score (nSPS) is 22.8. The van der Waals surface area contributed by atoms with E-state index in [0.717, 1.165) is 59.7 Å². The summed E-state index contributed by atoms with van der Waals surface area (Å²) < 4.78 is 7.70. The standard InChI is InChI=1S/C18H25N3O2S/c1-12-15-10-16(17(22)19-13-6-3-2-4-7-13)24-18(15)21(20-12)14-8-5-9-23-11-14/h10,13-14H,2-9,11H2,1H3,(H,19,22). The summed E-state index contributed by atoms with van der Waals surface area (Å²) >= 11 is 1.57. The quantitative estimate of drug-likeness (QED) is 0.918. The van der Waals surface area contributed by atoms with Gasteiger partial charge in [0.1, 0.15) is 4.83 Å². The minimum atomic E-state index is 0.0777. The number of rotatable bonds is 3. The van der Waals surface area contributed by atoms with Crippen molar-refractivity contribution in [3.8, 4) is 0 Å². The van der Waals surface area contributed by atoms with E-state index in [1.807, 2.05) is 13.0 Å². The zero-order valence-electron chi connectivity index (χ0n) is 14.2. The molecule has 130 valence electrons. The lowest BCUT2D eigenvalue weighted by Gasteiger charge is -2.23. The first-order valence-corrected chi connectivity index (χ1v) is 9.91. The average molecular weight is 347 g/mol. The second kappa shape index (κ2) is 6.84. The van der Waals surface area contributed by atoms with Crippen LogP contribution in [0.4, 0.5) is 0 Å². The summed E-state index contributed by atoms with van der Waals surface area (Å²) in [5.41, 5.74) is 1.00. The average Bonchev–Trinajstić information content (AvgIpc) is 3.18. The van der Waals surface area contributed by atoms with Crippen LogP contribution in [-0.2, 0) is 4.74 Å². The molecule has 2 fully saturated rings. The molecule has 1 aliphatic heterocycles. The van der Waals surface area contributed by atoms with Gasteiger partial charge in [-0.05, 0) is 38.7 Å². The SMILES string of the molecule is Cc1nn(C2CCCOC2)c2sc(C(=O)NC3CCCCC3)cc12. The van der Waals surface area contributed by atoms with Gasteiger partial charge in [-0.2, -0.15) is 5.10 Å². The highest BCUT2D eigenvalue weighted by atomic mass is 32.1. The summed E-state index contributed by atoms with van der Waals surface area (Å²) in [5, 5.41) is 9.04. The monoisotopic (exact) mass is 347 g/mol. The molecule has 0 spiro atoms. The van der Waals surface area contributed by atoms with Crippen molar-refractivity contribution in [3.05, 3.63) is 16.6 Å². The van der Waals surface area contributed by atoms with Crippen LogP contribution in [-0.4, -0.2) is 34.9 Å². The zero-order chi connectivity index (χ0) is 16.5. The minimum absolute atomic E-state index is 0.0777. The number of amides is 1. The van der Waals surface area contributed by atoms with Crippen LogP contribution in [0.15, 0.2) is 6.07 Å². The van der Waals surface area contributed by atoms with E-state index >= 15 is 0 Å². The number of hydrogen-bond donors (Lipinski definition) is 1. The van der Waals surface area contributed by atoms with E-state index in [9.17, 15) is 4.79 Å². The fraction of sp³-hybridized carbons (Fsp3) is 0.667. The third-order valence-corrected chi connectivity index (χ3v) is 6.34. The first-order valence-electron chi connectivity index (χ1n) is 9.09. The maximum Gasteiger partial charge on any atom is 0.261 e. The van der Waals surface area contributed by atoms with Gasteiger partial charge in [0.15, 0.2) is 0 Å². The van der Waals surface area contributed by atoms with Gasteiger partial charge in [-0.15, -0.1) is 11.3 Å². The Hall–Kier alpha value is -1.40. The topological polar surface area (TPSA) is 56.2 Å². The van der Waals surface area contributed by atoms with Crippen LogP contribution in [0.2, 0.25) is 0 Å². The molecule has 0 bridgehead atoms. The van der Waals surface area contributed by atoms with E-state index in [0.29, 0.717) is 12.1 Å². The van der Waals surface area contributed by atoms with Crippen LogP contribution in [0.1, 0.15) is 66.4 Å². The molecule has 1 unspecified atom stereocenters. The predicted octanol–water partition coefficient (Wildman–Crippen LogP) is 3.82. The van der Waals surface area contributed by atoms with Crippen molar-refractivity contribution in [1.82, 2.24) is 15.1 Å². The molecule has 1 aliphatic carbocycles. The Morgan fingerprint density at radius 2 is 2.12 bits per heavy atom. The van der Waals surface area contributed by atoms with Crippen molar-refractivity contribution >= 4 is 27.5 Å². The number of aryl methyl sites for hydroxylation is 1. The second-order valence-electron chi connectivity index (χ2n) is 7.04. The van der Waals surface area contributed by atoms with Gasteiger partial charge in [0.2, 0.25) is 0 Å². The molecule has 2 aromatic heterocycles. The Balaban J connectivity index is 1.57. The lowest BCUT2D eigenvalue weighted by molar-refractivity contribution is 0.0566. The Bertz CT molecular complexity index is 724. The maximum absolute atomic E-state index is 12.6. The van der Waals surface area contributed by atoms with Crippen LogP contribution in [0.25, 0.3) is 10.2 Å². The van der Waals surface area contributed by atoms with Crippen molar-refractivity contribution < 1.29 is 9.53 Å². The second-order valence-corrected chi connectivity index (χ2v) is 8.07. The van der Waals surface area contributed by atoms with Crippen LogP contribution < -0.4 is 5.32 Å². The van der Waals surface area contributed by atoms with Gasteiger partial charge in [0, 0.05) is 18.0 Å². The van der Waals surface area contributed by atoms with Crippen molar-refractivity contribution in [2.24, 2.45) is 0 Å². The predicted molar refractivity (Wildman–Crippen MR) is 95.8 cm³/mol. The summed E-state index contributed by atoms with van der Waals surface area (Å²) in [7, 11) is 0. The number of fused-ring (bicyclic) bond motifs is 1. The summed E-state index contributed by atoms with van der Waals surface area (Å²) in [6.45, 7) is 3.59. The van der Waals surface area contributed by atoms with Crippen LogP contribution in [0.3, 0.4) is 0 Å². The van der Waals surface area contributed by atoms with Crippen LogP contribution in [0.5, 0.6) is 0 Å². The highest BCUT2D eigenvalue weighted by Crippen LogP contribution is 2.32. The first kappa shape index (κ1) is 16.1. The molecule has 4 rings (SSSR count). The number of thiophene rings is 1. The number of carbonyl (C=O) groups is 1. The summed E-state index contributed by atoms with van der Waals surface area (Å²) in [6.07, 6.45) is 8.16. The van der Waals surface area contributed by atoms with Crippen LogP contribution >= 0.6 is 11.3 Å². The molecular weight excluding hydrogens is 322 g/mol. The highest BCUT2D eigenvalue weighted by molar-refractivity contribution is 7.20. The summed E-state index contributed by atoms with van der Waals surface area (Å²) in [5.74, 6) is 0.0777. The van der Waals surface area contributed by atoms with Gasteiger partial charge in [0.25, 0.3) is 5.91 Å². The van der Waals surface area contributed by atoms with Crippen molar-refractivity contribution in [2.45, 2.75) is 64.0 Å². The molecule has 1 amide bonds. The maximum atomic E-state index is 12.6. The molecule has 3 heterocycles. The first-order chi connectivity index (χ1) is 11.7. The molecule has 1 saturated carbocycles. The van der Waals surface area contributed by atoms with E-state index in [1.165, 1.54) is 19.3 Å². The molecular formula is C18H25N3O2S. The number of hydrogen-bond acceptors (Lipinski definition) is 4. The van der Waals surface area contributed by atoms with Gasteiger partial charge < -0.3 is 10.1 Å². The molecule has 2 aromatic rings. The molecule has 0 radical (unpaired) electrons. The fourth-order valence-corrected chi connectivity index (χ4v) is 4.99. The molecule has 24 heavy (non-hydrogen) atoms. The molecule has 6 heteroatoms. The van der Waals surface area contributed by atoms with Gasteiger partial charge in [-0.1, -0.05) is 19.3 Å².